The second-order valence-corrected chi connectivity index (χ2v) is 7.46. The van der Waals surface area contributed by atoms with Gasteiger partial charge in [-0.1, -0.05) is 0 Å². The van der Waals surface area contributed by atoms with E-state index < -0.39 is 5.60 Å². The van der Waals surface area contributed by atoms with Gasteiger partial charge in [0.25, 0.3) is 0 Å². The van der Waals surface area contributed by atoms with Crippen molar-refractivity contribution in [2.75, 3.05) is 13.1 Å². The molecule has 2 aliphatic rings. The van der Waals surface area contributed by atoms with Crippen molar-refractivity contribution in [1.82, 2.24) is 15.5 Å². The van der Waals surface area contributed by atoms with Crippen LogP contribution in [-0.2, 0) is 9.53 Å². The van der Waals surface area contributed by atoms with Crippen molar-refractivity contribution in [2.45, 2.75) is 77.1 Å². The highest BCUT2D eigenvalue weighted by Crippen LogP contribution is 2.23. The smallest absolute Gasteiger partial charge is 0.407 e. The number of hydrogen-bond donors (Lipinski definition) is 2. The van der Waals surface area contributed by atoms with Gasteiger partial charge >= 0.3 is 6.09 Å². The Balaban J connectivity index is 1.60. The SMILES string of the molecule is CC(=O)N1CCC(NC2CC(NC(=O)OC(C)(C)C)C2)CC1. The second kappa shape index (κ2) is 6.86. The van der Waals surface area contributed by atoms with E-state index in [1.54, 1.807) is 6.92 Å². The molecule has 1 saturated heterocycles. The van der Waals surface area contributed by atoms with Crippen molar-refractivity contribution in [2.24, 2.45) is 0 Å². The first-order valence-electron chi connectivity index (χ1n) is 8.24. The van der Waals surface area contributed by atoms with Gasteiger partial charge in [0.05, 0.1) is 0 Å². The second-order valence-electron chi connectivity index (χ2n) is 7.46. The molecule has 2 rings (SSSR count). The van der Waals surface area contributed by atoms with Crippen LogP contribution in [0.3, 0.4) is 0 Å². The molecule has 126 valence electrons. The molecule has 1 saturated carbocycles. The number of nitrogens with one attached hydrogen (secondary N) is 2. The van der Waals surface area contributed by atoms with Crippen molar-refractivity contribution in [3.63, 3.8) is 0 Å². The number of rotatable bonds is 3. The van der Waals surface area contributed by atoms with Crippen LogP contribution in [-0.4, -0.2) is 53.7 Å². The maximum Gasteiger partial charge on any atom is 0.407 e. The van der Waals surface area contributed by atoms with E-state index in [9.17, 15) is 9.59 Å². The van der Waals surface area contributed by atoms with E-state index in [1.807, 2.05) is 25.7 Å². The third-order valence-corrected chi connectivity index (χ3v) is 4.27. The molecule has 1 aliphatic heterocycles. The van der Waals surface area contributed by atoms with Gasteiger partial charge in [-0.25, -0.2) is 4.79 Å². The van der Waals surface area contributed by atoms with Gasteiger partial charge in [-0.05, 0) is 46.5 Å². The fourth-order valence-electron chi connectivity index (χ4n) is 3.04. The summed E-state index contributed by atoms with van der Waals surface area (Å²) in [5.74, 6) is 0.170. The molecule has 0 aromatic heterocycles. The monoisotopic (exact) mass is 311 g/mol. The molecule has 1 heterocycles. The molecule has 2 N–H and O–H groups in total. The van der Waals surface area contributed by atoms with Crippen LogP contribution in [0.25, 0.3) is 0 Å². The lowest BCUT2D eigenvalue weighted by Gasteiger charge is -2.41. The van der Waals surface area contributed by atoms with E-state index in [4.69, 9.17) is 4.74 Å². The van der Waals surface area contributed by atoms with Gasteiger partial charge in [0, 0.05) is 38.1 Å². The zero-order valence-corrected chi connectivity index (χ0v) is 14.1. The Hall–Kier alpha value is -1.30. The molecule has 0 unspecified atom stereocenters. The number of piperidine rings is 1. The van der Waals surface area contributed by atoms with Gasteiger partial charge in [0.2, 0.25) is 5.91 Å². The van der Waals surface area contributed by atoms with E-state index >= 15 is 0 Å². The summed E-state index contributed by atoms with van der Waals surface area (Å²) in [6.45, 7) is 8.92. The fraction of sp³-hybridized carbons (Fsp3) is 0.875. The zero-order chi connectivity index (χ0) is 16.3. The largest absolute Gasteiger partial charge is 0.444 e. The fourth-order valence-corrected chi connectivity index (χ4v) is 3.04. The third kappa shape index (κ3) is 5.16. The molecule has 0 atom stereocenters. The predicted octanol–water partition coefficient (Wildman–Crippen LogP) is 1.64. The first-order valence-corrected chi connectivity index (χ1v) is 8.24. The Morgan fingerprint density at radius 1 is 1.05 bits per heavy atom. The molecule has 1 aliphatic carbocycles. The van der Waals surface area contributed by atoms with Gasteiger partial charge < -0.3 is 20.3 Å². The molecular weight excluding hydrogens is 282 g/mol. The molecule has 6 nitrogen and oxygen atoms in total. The number of carbonyl (C=O) groups is 2. The van der Waals surface area contributed by atoms with Crippen molar-refractivity contribution in [3.05, 3.63) is 0 Å². The van der Waals surface area contributed by atoms with E-state index in [-0.39, 0.29) is 18.0 Å². The molecule has 2 fully saturated rings. The topological polar surface area (TPSA) is 70.7 Å². The molecule has 2 amide bonds. The van der Waals surface area contributed by atoms with Crippen molar-refractivity contribution >= 4 is 12.0 Å². The lowest BCUT2D eigenvalue weighted by atomic mass is 9.85. The van der Waals surface area contributed by atoms with E-state index in [2.05, 4.69) is 10.6 Å². The minimum atomic E-state index is -0.448. The van der Waals surface area contributed by atoms with Crippen molar-refractivity contribution in [1.29, 1.82) is 0 Å². The normalized spacial score (nSPS) is 26.3. The first kappa shape index (κ1) is 17.1. The Labute approximate surface area is 132 Å². The summed E-state index contributed by atoms with van der Waals surface area (Å²) in [4.78, 5) is 24.9. The number of alkyl carbamates (subject to hydrolysis) is 1. The summed E-state index contributed by atoms with van der Waals surface area (Å²) in [7, 11) is 0. The molecule has 6 heteroatoms. The maximum atomic E-state index is 11.7. The van der Waals surface area contributed by atoms with Gasteiger partial charge in [-0.2, -0.15) is 0 Å². The van der Waals surface area contributed by atoms with Crippen molar-refractivity contribution in [3.8, 4) is 0 Å². The zero-order valence-electron chi connectivity index (χ0n) is 14.1. The molecular formula is C16H29N3O3. The highest BCUT2D eigenvalue weighted by molar-refractivity contribution is 5.73. The van der Waals surface area contributed by atoms with Gasteiger partial charge in [0.15, 0.2) is 0 Å². The molecule has 0 aromatic carbocycles. The molecule has 0 bridgehead atoms. The average molecular weight is 311 g/mol. The quantitative estimate of drug-likeness (QED) is 0.831. The minimum Gasteiger partial charge on any atom is -0.444 e. The minimum absolute atomic E-state index is 0.170. The molecule has 0 spiro atoms. The highest BCUT2D eigenvalue weighted by atomic mass is 16.6. The third-order valence-electron chi connectivity index (χ3n) is 4.27. The standard InChI is InChI=1S/C16H29N3O3/c1-11(20)19-7-5-12(6-8-19)17-13-9-14(10-13)18-15(21)22-16(2,3)4/h12-14,17H,5-10H2,1-4H3,(H,18,21). The summed E-state index contributed by atoms with van der Waals surface area (Å²) >= 11 is 0. The van der Waals surface area contributed by atoms with Crippen molar-refractivity contribution < 1.29 is 14.3 Å². The Morgan fingerprint density at radius 2 is 1.64 bits per heavy atom. The Kier molecular flexibility index (Phi) is 5.32. The molecule has 0 aromatic rings. The summed E-state index contributed by atoms with van der Waals surface area (Å²) < 4.78 is 5.26. The summed E-state index contributed by atoms with van der Waals surface area (Å²) in [6.07, 6.45) is 3.60. The summed E-state index contributed by atoms with van der Waals surface area (Å²) in [5, 5.41) is 6.54. The van der Waals surface area contributed by atoms with E-state index in [1.165, 1.54) is 0 Å². The number of hydrogen-bond acceptors (Lipinski definition) is 4. The van der Waals surface area contributed by atoms with Crippen LogP contribution in [0.1, 0.15) is 53.4 Å². The van der Waals surface area contributed by atoms with Gasteiger partial charge in [-0.3, -0.25) is 4.79 Å². The number of ether oxygens (including phenoxy) is 1. The first-order chi connectivity index (χ1) is 10.2. The summed E-state index contributed by atoms with van der Waals surface area (Å²) in [5.41, 5.74) is -0.448. The van der Waals surface area contributed by atoms with Crippen LogP contribution in [0.2, 0.25) is 0 Å². The predicted molar refractivity (Wildman–Crippen MR) is 84.6 cm³/mol. The molecule has 22 heavy (non-hydrogen) atoms. The Morgan fingerprint density at radius 3 is 2.14 bits per heavy atom. The van der Waals surface area contributed by atoms with Crippen LogP contribution >= 0.6 is 0 Å². The Bertz CT molecular complexity index is 405. The lowest BCUT2D eigenvalue weighted by Crippen LogP contribution is -2.56. The van der Waals surface area contributed by atoms with E-state index in [0.717, 1.165) is 38.8 Å². The average Bonchev–Trinajstić information content (AvgIpc) is 2.34. The van der Waals surface area contributed by atoms with Gasteiger partial charge in [0.1, 0.15) is 5.60 Å². The number of amides is 2. The molecule has 0 radical (unpaired) electrons. The van der Waals surface area contributed by atoms with Crippen LogP contribution < -0.4 is 10.6 Å². The van der Waals surface area contributed by atoms with Crippen LogP contribution in [0.15, 0.2) is 0 Å². The number of likely N-dealkylation sites (tertiary alicyclic amines) is 1. The number of carbonyl (C=O) groups excluding carboxylic acids is 2. The van der Waals surface area contributed by atoms with Gasteiger partial charge in [-0.15, -0.1) is 0 Å². The van der Waals surface area contributed by atoms with E-state index in [0.29, 0.717) is 12.1 Å². The maximum absolute atomic E-state index is 11.7. The summed E-state index contributed by atoms with van der Waals surface area (Å²) in [6, 6.07) is 1.17. The number of nitrogens with zero attached hydrogens (tertiary/aromatic N) is 1. The van der Waals surface area contributed by atoms with Crippen LogP contribution in [0.5, 0.6) is 0 Å². The highest BCUT2D eigenvalue weighted by Gasteiger charge is 2.33. The lowest BCUT2D eigenvalue weighted by molar-refractivity contribution is -0.129. The van der Waals surface area contributed by atoms with Crippen LogP contribution in [0, 0.1) is 0 Å². The van der Waals surface area contributed by atoms with Crippen LogP contribution in [0.4, 0.5) is 4.79 Å².